The van der Waals surface area contributed by atoms with Crippen molar-refractivity contribution in [2.24, 2.45) is 7.05 Å². The maximum atomic E-state index is 12.4. The van der Waals surface area contributed by atoms with Crippen molar-refractivity contribution in [3.05, 3.63) is 36.4 Å². The van der Waals surface area contributed by atoms with Gasteiger partial charge in [-0.15, -0.1) is 10.2 Å². The zero-order chi connectivity index (χ0) is 14.8. The Bertz CT molecular complexity index is 652. The first-order chi connectivity index (χ1) is 10.1. The van der Waals surface area contributed by atoms with Crippen molar-refractivity contribution in [1.82, 2.24) is 20.1 Å². The number of nitrogens with one attached hydrogen (secondary N) is 3. The normalized spacial score (nSPS) is 18.1. The molecule has 7 heteroatoms. The summed E-state index contributed by atoms with van der Waals surface area (Å²) in [4.78, 5) is 12.4. The van der Waals surface area contributed by atoms with Crippen LogP contribution >= 0.6 is 0 Å². The molecule has 2 aromatic rings. The van der Waals surface area contributed by atoms with Crippen LogP contribution in [-0.2, 0) is 11.8 Å². The molecule has 2 atom stereocenters. The van der Waals surface area contributed by atoms with E-state index in [1.807, 2.05) is 38.2 Å². The van der Waals surface area contributed by atoms with Gasteiger partial charge in [-0.3, -0.25) is 4.79 Å². The summed E-state index contributed by atoms with van der Waals surface area (Å²) in [7, 11) is 1.86. The molecule has 21 heavy (non-hydrogen) atoms. The number of carbonyl (C=O) groups is 1. The predicted octanol–water partition coefficient (Wildman–Crippen LogP) is 0.898. The summed E-state index contributed by atoms with van der Waals surface area (Å²) in [6.45, 7) is 2.44. The molecule has 0 spiro atoms. The zero-order valence-corrected chi connectivity index (χ0v) is 12.0. The van der Waals surface area contributed by atoms with Crippen LogP contribution in [-0.4, -0.2) is 33.3 Å². The number of fused-ring (bicyclic) bond motifs is 1. The van der Waals surface area contributed by atoms with E-state index in [0.717, 1.165) is 17.2 Å². The van der Waals surface area contributed by atoms with E-state index in [1.165, 1.54) is 0 Å². The third-order valence-corrected chi connectivity index (χ3v) is 3.56. The zero-order valence-electron chi connectivity index (χ0n) is 12.0. The second-order valence-corrected chi connectivity index (χ2v) is 5.15. The standard InChI is InChI=1S/C14H18N6O/c1-9(13-19-16-8-20(13)2)17-14(21)12-7-15-10-5-3-4-6-11(10)18-12/h3-6,8-9,12,15,18H,7H2,1-2H3,(H,17,21). The van der Waals surface area contributed by atoms with Crippen LogP contribution in [0.2, 0.25) is 0 Å². The quantitative estimate of drug-likeness (QED) is 0.780. The van der Waals surface area contributed by atoms with Crippen molar-refractivity contribution >= 4 is 17.3 Å². The first-order valence-corrected chi connectivity index (χ1v) is 6.89. The van der Waals surface area contributed by atoms with Crippen LogP contribution in [0, 0.1) is 0 Å². The summed E-state index contributed by atoms with van der Waals surface area (Å²) < 4.78 is 1.80. The summed E-state index contributed by atoms with van der Waals surface area (Å²) in [6, 6.07) is 7.34. The van der Waals surface area contributed by atoms with Crippen molar-refractivity contribution in [2.75, 3.05) is 17.2 Å². The summed E-state index contributed by atoms with van der Waals surface area (Å²) >= 11 is 0. The van der Waals surface area contributed by atoms with Gasteiger partial charge in [0.15, 0.2) is 5.82 Å². The van der Waals surface area contributed by atoms with Crippen molar-refractivity contribution < 1.29 is 4.79 Å². The molecule has 1 aliphatic rings. The number of anilines is 2. The highest BCUT2D eigenvalue weighted by Crippen LogP contribution is 2.25. The van der Waals surface area contributed by atoms with E-state index in [0.29, 0.717) is 6.54 Å². The first kappa shape index (κ1) is 13.4. The number of benzene rings is 1. The topological polar surface area (TPSA) is 83.9 Å². The molecule has 0 aliphatic carbocycles. The molecule has 0 bridgehead atoms. The van der Waals surface area contributed by atoms with Crippen LogP contribution in [0.25, 0.3) is 0 Å². The molecule has 0 saturated carbocycles. The highest BCUT2D eigenvalue weighted by molar-refractivity contribution is 5.88. The number of hydrogen-bond acceptors (Lipinski definition) is 5. The van der Waals surface area contributed by atoms with Crippen molar-refractivity contribution in [1.29, 1.82) is 0 Å². The molecule has 0 saturated heterocycles. The number of carbonyl (C=O) groups excluding carboxylic acids is 1. The van der Waals surface area contributed by atoms with Crippen molar-refractivity contribution in [3.63, 3.8) is 0 Å². The maximum absolute atomic E-state index is 12.4. The Morgan fingerprint density at radius 3 is 2.90 bits per heavy atom. The van der Waals surface area contributed by atoms with E-state index in [9.17, 15) is 4.79 Å². The number of rotatable bonds is 3. The maximum Gasteiger partial charge on any atom is 0.244 e. The van der Waals surface area contributed by atoms with Crippen LogP contribution < -0.4 is 16.0 Å². The fourth-order valence-electron chi connectivity index (χ4n) is 2.43. The molecule has 1 aromatic carbocycles. The monoisotopic (exact) mass is 286 g/mol. The third-order valence-electron chi connectivity index (χ3n) is 3.56. The van der Waals surface area contributed by atoms with Crippen LogP contribution in [0.4, 0.5) is 11.4 Å². The Labute approximate surface area is 122 Å². The number of hydrogen-bond donors (Lipinski definition) is 3. The van der Waals surface area contributed by atoms with E-state index in [-0.39, 0.29) is 18.0 Å². The van der Waals surface area contributed by atoms with Gasteiger partial charge in [-0.05, 0) is 19.1 Å². The smallest absolute Gasteiger partial charge is 0.244 e. The lowest BCUT2D eigenvalue weighted by molar-refractivity contribution is -0.122. The fourth-order valence-corrected chi connectivity index (χ4v) is 2.43. The van der Waals surface area contributed by atoms with Gasteiger partial charge in [-0.1, -0.05) is 12.1 Å². The van der Waals surface area contributed by atoms with Gasteiger partial charge in [0.25, 0.3) is 0 Å². The van der Waals surface area contributed by atoms with Gasteiger partial charge in [-0.25, -0.2) is 0 Å². The van der Waals surface area contributed by atoms with E-state index < -0.39 is 0 Å². The molecule has 2 unspecified atom stereocenters. The van der Waals surface area contributed by atoms with Crippen LogP contribution in [0.5, 0.6) is 0 Å². The SMILES string of the molecule is CC(NC(=O)C1CNc2ccccc2N1)c1nncn1C. The molecule has 3 rings (SSSR count). The minimum absolute atomic E-state index is 0.0625. The molecule has 110 valence electrons. The second-order valence-electron chi connectivity index (χ2n) is 5.15. The number of amides is 1. The molecule has 1 aliphatic heterocycles. The Kier molecular flexibility index (Phi) is 3.47. The Balaban J connectivity index is 1.66. The van der Waals surface area contributed by atoms with Gasteiger partial charge in [-0.2, -0.15) is 0 Å². The second kappa shape index (κ2) is 5.43. The summed E-state index contributed by atoms with van der Waals surface area (Å²) in [5.41, 5.74) is 1.96. The van der Waals surface area contributed by atoms with Gasteiger partial charge in [0.2, 0.25) is 5.91 Å². The molecule has 1 aromatic heterocycles. The lowest BCUT2D eigenvalue weighted by atomic mass is 10.1. The molecule has 0 fully saturated rings. The number of aryl methyl sites for hydroxylation is 1. The molecule has 0 radical (unpaired) electrons. The fraction of sp³-hybridized carbons (Fsp3) is 0.357. The van der Waals surface area contributed by atoms with E-state index in [1.54, 1.807) is 10.9 Å². The van der Waals surface area contributed by atoms with E-state index >= 15 is 0 Å². The van der Waals surface area contributed by atoms with Crippen molar-refractivity contribution in [2.45, 2.75) is 19.0 Å². The number of aromatic nitrogens is 3. The van der Waals surface area contributed by atoms with Gasteiger partial charge < -0.3 is 20.5 Å². The van der Waals surface area contributed by atoms with Gasteiger partial charge in [0, 0.05) is 13.6 Å². The molecular weight excluding hydrogens is 268 g/mol. The molecular formula is C14H18N6O. The largest absolute Gasteiger partial charge is 0.381 e. The molecule has 3 N–H and O–H groups in total. The Hall–Kier alpha value is -2.57. The summed E-state index contributed by atoms with van der Waals surface area (Å²) in [5, 5.41) is 17.3. The van der Waals surface area contributed by atoms with Gasteiger partial charge >= 0.3 is 0 Å². The Morgan fingerprint density at radius 2 is 2.19 bits per heavy atom. The van der Waals surface area contributed by atoms with Crippen molar-refractivity contribution in [3.8, 4) is 0 Å². The first-order valence-electron chi connectivity index (χ1n) is 6.89. The minimum atomic E-state index is -0.310. The van der Waals surface area contributed by atoms with Crippen LogP contribution in [0.15, 0.2) is 30.6 Å². The van der Waals surface area contributed by atoms with E-state index in [4.69, 9.17) is 0 Å². The van der Waals surface area contributed by atoms with Gasteiger partial charge in [0.05, 0.1) is 17.4 Å². The number of nitrogens with zero attached hydrogens (tertiary/aromatic N) is 3. The lowest BCUT2D eigenvalue weighted by Gasteiger charge is -2.28. The van der Waals surface area contributed by atoms with Crippen LogP contribution in [0.3, 0.4) is 0 Å². The Morgan fingerprint density at radius 1 is 1.43 bits per heavy atom. The van der Waals surface area contributed by atoms with Gasteiger partial charge in [0.1, 0.15) is 12.4 Å². The molecule has 1 amide bonds. The average molecular weight is 286 g/mol. The molecule has 7 nitrogen and oxygen atoms in total. The molecule has 2 heterocycles. The van der Waals surface area contributed by atoms with E-state index in [2.05, 4.69) is 26.1 Å². The van der Waals surface area contributed by atoms with Crippen LogP contribution in [0.1, 0.15) is 18.8 Å². The highest BCUT2D eigenvalue weighted by atomic mass is 16.2. The third kappa shape index (κ3) is 2.67. The minimum Gasteiger partial charge on any atom is -0.381 e. The summed E-state index contributed by atoms with van der Waals surface area (Å²) in [5.74, 6) is 0.667. The predicted molar refractivity (Wildman–Crippen MR) is 79.9 cm³/mol. The average Bonchev–Trinajstić information content (AvgIpc) is 2.93. The number of para-hydroxylation sites is 2. The lowest BCUT2D eigenvalue weighted by Crippen LogP contribution is -2.47. The highest BCUT2D eigenvalue weighted by Gasteiger charge is 2.25. The summed E-state index contributed by atoms with van der Waals surface area (Å²) in [6.07, 6.45) is 1.62.